The average Bonchev–Trinajstić information content (AvgIpc) is 2.37. The van der Waals surface area contributed by atoms with Gasteiger partial charge >= 0.3 is 5.97 Å². The number of esters is 1. The maximum Gasteiger partial charge on any atom is 0.307 e. The number of benzene rings is 1. The van der Waals surface area contributed by atoms with E-state index in [1.165, 1.54) is 7.11 Å². The van der Waals surface area contributed by atoms with Crippen molar-refractivity contribution in [1.82, 2.24) is 4.90 Å². The second-order valence-corrected chi connectivity index (χ2v) is 4.26. The molecule has 0 bridgehead atoms. The number of methoxy groups -OCH3 is 1. The Balaban J connectivity index is 2.82. The summed E-state index contributed by atoms with van der Waals surface area (Å²) in [6, 6.07) is 7.84. The monoisotopic (exact) mass is 251 g/mol. The van der Waals surface area contributed by atoms with Gasteiger partial charge < -0.3 is 14.4 Å². The van der Waals surface area contributed by atoms with Crippen LogP contribution in [0.5, 0.6) is 5.75 Å². The first-order valence-electron chi connectivity index (χ1n) is 6.04. The van der Waals surface area contributed by atoms with Gasteiger partial charge in [-0.15, -0.1) is 0 Å². The van der Waals surface area contributed by atoms with Gasteiger partial charge in [0, 0.05) is 6.04 Å². The number of carbonyl (C=O) groups is 1. The van der Waals surface area contributed by atoms with E-state index < -0.39 is 0 Å². The van der Waals surface area contributed by atoms with Gasteiger partial charge in [-0.2, -0.15) is 0 Å². The molecular formula is C14H21NO3. The fourth-order valence-corrected chi connectivity index (χ4v) is 1.79. The fraction of sp³-hybridized carbons (Fsp3) is 0.500. The van der Waals surface area contributed by atoms with E-state index in [4.69, 9.17) is 9.47 Å². The first kappa shape index (κ1) is 14.5. The van der Waals surface area contributed by atoms with Gasteiger partial charge in [-0.05, 0) is 38.7 Å². The molecule has 18 heavy (non-hydrogen) atoms. The van der Waals surface area contributed by atoms with Crippen LogP contribution < -0.4 is 4.74 Å². The normalized spacial score (nSPS) is 12.3. The van der Waals surface area contributed by atoms with Gasteiger partial charge in [-0.25, -0.2) is 0 Å². The minimum absolute atomic E-state index is 0.0214. The molecule has 0 aromatic heterocycles. The van der Waals surface area contributed by atoms with E-state index in [0.29, 0.717) is 13.0 Å². The second kappa shape index (κ2) is 7.01. The quantitative estimate of drug-likeness (QED) is 0.727. The summed E-state index contributed by atoms with van der Waals surface area (Å²) in [4.78, 5) is 13.4. The van der Waals surface area contributed by atoms with E-state index in [2.05, 4.69) is 0 Å². The molecule has 0 spiro atoms. The SMILES string of the molecule is CCOc1ccc(C(CC(=O)OC)N(C)C)cc1. The van der Waals surface area contributed by atoms with E-state index >= 15 is 0 Å². The third kappa shape index (κ3) is 4.04. The summed E-state index contributed by atoms with van der Waals surface area (Å²) < 4.78 is 10.1. The highest BCUT2D eigenvalue weighted by Gasteiger charge is 2.18. The molecule has 0 amide bonds. The third-order valence-corrected chi connectivity index (χ3v) is 2.79. The Kier molecular flexibility index (Phi) is 5.65. The molecule has 0 fully saturated rings. The number of ether oxygens (including phenoxy) is 2. The highest BCUT2D eigenvalue weighted by atomic mass is 16.5. The number of carbonyl (C=O) groups excluding carboxylic acids is 1. The van der Waals surface area contributed by atoms with E-state index in [9.17, 15) is 4.79 Å². The van der Waals surface area contributed by atoms with Crippen LogP contribution in [0.2, 0.25) is 0 Å². The molecule has 0 saturated heterocycles. The Labute approximate surface area is 108 Å². The van der Waals surface area contributed by atoms with Crippen molar-refractivity contribution in [3.63, 3.8) is 0 Å². The van der Waals surface area contributed by atoms with Crippen molar-refractivity contribution in [2.24, 2.45) is 0 Å². The van der Waals surface area contributed by atoms with Crippen molar-refractivity contribution >= 4 is 5.97 Å². The maximum absolute atomic E-state index is 11.4. The fourth-order valence-electron chi connectivity index (χ4n) is 1.79. The van der Waals surface area contributed by atoms with Gasteiger partial charge in [-0.1, -0.05) is 12.1 Å². The lowest BCUT2D eigenvalue weighted by molar-refractivity contribution is -0.141. The van der Waals surface area contributed by atoms with Crippen molar-refractivity contribution in [1.29, 1.82) is 0 Å². The molecule has 0 N–H and O–H groups in total. The average molecular weight is 251 g/mol. The van der Waals surface area contributed by atoms with Crippen LogP contribution in [-0.2, 0) is 9.53 Å². The molecule has 1 aromatic carbocycles. The Morgan fingerprint density at radius 1 is 1.28 bits per heavy atom. The third-order valence-electron chi connectivity index (χ3n) is 2.79. The molecule has 4 nitrogen and oxygen atoms in total. The predicted octanol–water partition coefficient (Wildman–Crippen LogP) is 2.25. The number of nitrogens with zero attached hydrogens (tertiary/aromatic N) is 1. The summed E-state index contributed by atoms with van der Waals surface area (Å²) in [7, 11) is 5.31. The Morgan fingerprint density at radius 3 is 2.33 bits per heavy atom. The molecule has 0 heterocycles. The Hall–Kier alpha value is -1.55. The molecule has 0 saturated carbocycles. The lowest BCUT2D eigenvalue weighted by Crippen LogP contribution is -2.23. The maximum atomic E-state index is 11.4. The summed E-state index contributed by atoms with van der Waals surface area (Å²) in [6.07, 6.45) is 0.345. The highest BCUT2D eigenvalue weighted by molar-refractivity contribution is 5.70. The van der Waals surface area contributed by atoms with Gasteiger partial charge in [0.25, 0.3) is 0 Å². The number of hydrogen-bond acceptors (Lipinski definition) is 4. The van der Waals surface area contributed by atoms with E-state index in [1.54, 1.807) is 0 Å². The van der Waals surface area contributed by atoms with E-state index in [0.717, 1.165) is 11.3 Å². The van der Waals surface area contributed by atoms with Crippen LogP contribution in [-0.4, -0.2) is 38.7 Å². The zero-order valence-electron chi connectivity index (χ0n) is 11.5. The molecule has 4 heteroatoms. The van der Waals surface area contributed by atoms with Gasteiger partial charge in [0.05, 0.1) is 20.1 Å². The van der Waals surface area contributed by atoms with Crippen LogP contribution in [0.1, 0.15) is 24.9 Å². The molecule has 1 rings (SSSR count). The van der Waals surface area contributed by atoms with Crippen molar-refractivity contribution in [3.8, 4) is 5.75 Å². The van der Waals surface area contributed by atoms with Crippen molar-refractivity contribution in [3.05, 3.63) is 29.8 Å². The number of rotatable bonds is 6. The lowest BCUT2D eigenvalue weighted by atomic mass is 10.0. The van der Waals surface area contributed by atoms with Gasteiger partial charge in [0.2, 0.25) is 0 Å². The zero-order valence-corrected chi connectivity index (χ0v) is 11.5. The summed E-state index contributed by atoms with van der Waals surface area (Å²) in [5.74, 6) is 0.638. The molecular weight excluding hydrogens is 230 g/mol. The van der Waals surface area contributed by atoms with Crippen molar-refractivity contribution in [2.75, 3.05) is 27.8 Å². The minimum Gasteiger partial charge on any atom is -0.494 e. The topological polar surface area (TPSA) is 38.8 Å². The Morgan fingerprint density at radius 2 is 1.89 bits per heavy atom. The Bertz CT molecular complexity index is 373. The minimum atomic E-state index is -0.206. The van der Waals surface area contributed by atoms with E-state index in [1.807, 2.05) is 50.2 Å². The van der Waals surface area contributed by atoms with Crippen LogP contribution in [0.15, 0.2) is 24.3 Å². The standard InChI is InChI=1S/C14H21NO3/c1-5-18-12-8-6-11(7-9-12)13(15(2)3)10-14(16)17-4/h6-9,13H,5,10H2,1-4H3. The van der Waals surface area contributed by atoms with Gasteiger partial charge in [-0.3, -0.25) is 4.79 Å². The largest absolute Gasteiger partial charge is 0.494 e. The molecule has 1 unspecified atom stereocenters. The van der Waals surface area contributed by atoms with Gasteiger partial charge in [0.1, 0.15) is 5.75 Å². The molecule has 0 aliphatic rings. The molecule has 1 atom stereocenters. The lowest BCUT2D eigenvalue weighted by Gasteiger charge is -2.23. The summed E-state index contributed by atoms with van der Waals surface area (Å²) in [5, 5.41) is 0. The summed E-state index contributed by atoms with van der Waals surface area (Å²) in [6.45, 7) is 2.60. The molecule has 0 radical (unpaired) electrons. The van der Waals surface area contributed by atoms with Crippen molar-refractivity contribution < 1.29 is 14.3 Å². The first-order chi connectivity index (χ1) is 8.58. The molecule has 1 aromatic rings. The number of hydrogen-bond donors (Lipinski definition) is 0. The second-order valence-electron chi connectivity index (χ2n) is 4.26. The van der Waals surface area contributed by atoms with Crippen LogP contribution in [0.4, 0.5) is 0 Å². The van der Waals surface area contributed by atoms with Crippen LogP contribution >= 0.6 is 0 Å². The predicted molar refractivity (Wildman–Crippen MR) is 70.7 cm³/mol. The van der Waals surface area contributed by atoms with Crippen LogP contribution in [0, 0.1) is 0 Å². The molecule has 100 valence electrons. The summed E-state index contributed by atoms with van der Waals surface area (Å²) >= 11 is 0. The molecule has 0 aliphatic heterocycles. The van der Waals surface area contributed by atoms with E-state index in [-0.39, 0.29) is 12.0 Å². The smallest absolute Gasteiger partial charge is 0.307 e. The van der Waals surface area contributed by atoms with Crippen LogP contribution in [0.25, 0.3) is 0 Å². The zero-order chi connectivity index (χ0) is 13.5. The van der Waals surface area contributed by atoms with Crippen molar-refractivity contribution in [2.45, 2.75) is 19.4 Å². The highest BCUT2D eigenvalue weighted by Crippen LogP contribution is 2.24. The summed E-state index contributed by atoms with van der Waals surface area (Å²) in [5.41, 5.74) is 1.08. The molecule has 0 aliphatic carbocycles. The van der Waals surface area contributed by atoms with Gasteiger partial charge in [0.15, 0.2) is 0 Å². The first-order valence-corrected chi connectivity index (χ1v) is 6.04. The van der Waals surface area contributed by atoms with Crippen LogP contribution in [0.3, 0.4) is 0 Å².